The summed E-state index contributed by atoms with van der Waals surface area (Å²) in [7, 11) is 1.84. The number of hydrogen-bond donors (Lipinski definition) is 3. The van der Waals surface area contributed by atoms with Crippen LogP contribution in [0.2, 0.25) is 5.02 Å². The van der Waals surface area contributed by atoms with Crippen LogP contribution < -0.4 is 20.5 Å². The Kier molecular flexibility index (Phi) is 7.82. The first-order valence-corrected chi connectivity index (χ1v) is 7.60. The molecule has 0 radical (unpaired) electrons. The molecule has 1 rings (SSSR count). The fourth-order valence-electron chi connectivity index (χ4n) is 2.01. The maximum absolute atomic E-state index is 10.4. The monoisotopic (exact) mass is 316 g/mol. The maximum Gasteiger partial charge on any atom is 0.162 e. The van der Waals surface area contributed by atoms with Crippen molar-refractivity contribution in [3.63, 3.8) is 0 Å². The van der Waals surface area contributed by atoms with Crippen molar-refractivity contribution >= 4 is 11.6 Å². The van der Waals surface area contributed by atoms with E-state index in [9.17, 15) is 5.11 Å². The summed E-state index contributed by atoms with van der Waals surface area (Å²) >= 11 is 6.24. The van der Waals surface area contributed by atoms with Gasteiger partial charge in [-0.3, -0.25) is 0 Å². The summed E-state index contributed by atoms with van der Waals surface area (Å²) < 4.78 is 11.0. The van der Waals surface area contributed by atoms with E-state index >= 15 is 0 Å². The van der Waals surface area contributed by atoms with E-state index in [0.29, 0.717) is 41.7 Å². The fraction of sp³-hybridized carbons (Fsp3) is 0.600. The van der Waals surface area contributed by atoms with Crippen LogP contribution in [0.1, 0.15) is 31.9 Å². The molecule has 1 aromatic rings. The Morgan fingerprint density at radius 3 is 2.33 bits per heavy atom. The molecular weight excluding hydrogens is 292 g/mol. The molecule has 6 heteroatoms. The number of benzene rings is 1. The lowest BCUT2D eigenvalue weighted by atomic mass is 10.00. The number of hydrogen-bond acceptors (Lipinski definition) is 5. The first kappa shape index (κ1) is 18.0. The summed E-state index contributed by atoms with van der Waals surface area (Å²) in [6.45, 7) is 5.52. The summed E-state index contributed by atoms with van der Waals surface area (Å²) in [4.78, 5) is 0. The SMILES string of the molecule is CCOc1cc(Cl)c(C(O)C(N)CCNC)cc1OCC. The Balaban J connectivity index is 3.03. The van der Waals surface area contributed by atoms with Crippen LogP contribution in [0.3, 0.4) is 0 Å². The van der Waals surface area contributed by atoms with Crippen LogP contribution in [-0.2, 0) is 0 Å². The highest BCUT2D eigenvalue weighted by Crippen LogP contribution is 2.37. The largest absolute Gasteiger partial charge is 0.490 e. The van der Waals surface area contributed by atoms with Gasteiger partial charge in [0.25, 0.3) is 0 Å². The van der Waals surface area contributed by atoms with Gasteiger partial charge >= 0.3 is 0 Å². The Labute approximate surface area is 131 Å². The smallest absolute Gasteiger partial charge is 0.162 e. The molecule has 2 unspecified atom stereocenters. The third kappa shape index (κ3) is 5.04. The van der Waals surface area contributed by atoms with E-state index < -0.39 is 12.1 Å². The topological polar surface area (TPSA) is 76.7 Å². The molecule has 21 heavy (non-hydrogen) atoms. The van der Waals surface area contributed by atoms with Crippen molar-refractivity contribution in [2.75, 3.05) is 26.8 Å². The molecule has 5 nitrogen and oxygen atoms in total. The quantitative estimate of drug-likeness (QED) is 0.650. The molecule has 0 heterocycles. The van der Waals surface area contributed by atoms with Crippen LogP contribution in [0.5, 0.6) is 11.5 Å². The average Bonchev–Trinajstić information content (AvgIpc) is 2.47. The molecular formula is C15H25ClN2O3. The Bertz CT molecular complexity index is 443. The van der Waals surface area contributed by atoms with Gasteiger partial charge in [0.2, 0.25) is 0 Å². The molecule has 0 bridgehead atoms. The summed E-state index contributed by atoms with van der Waals surface area (Å²) in [6.07, 6.45) is -0.203. The normalized spacial score (nSPS) is 13.8. The first-order chi connectivity index (χ1) is 10.0. The van der Waals surface area contributed by atoms with Gasteiger partial charge in [0.05, 0.1) is 24.3 Å². The molecule has 4 N–H and O–H groups in total. The van der Waals surface area contributed by atoms with Crippen molar-refractivity contribution < 1.29 is 14.6 Å². The Morgan fingerprint density at radius 1 is 1.24 bits per heavy atom. The van der Waals surface area contributed by atoms with E-state index in [-0.39, 0.29) is 0 Å². The zero-order valence-electron chi connectivity index (χ0n) is 12.9. The minimum absolute atomic E-state index is 0.401. The zero-order chi connectivity index (χ0) is 15.8. The average molecular weight is 317 g/mol. The Morgan fingerprint density at radius 2 is 1.81 bits per heavy atom. The lowest BCUT2D eigenvalue weighted by Crippen LogP contribution is -2.31. The number of halogens is 1. The minimum Gasteiger partial charge on any atom is -0.490 e. The summed E-state index contributed by atoms with van der Waals surface area (Å²) in [5.74, 6) is 1.14. The second-order valence-electron chi connectivity index (χ2n) is 4.69. The lowest BCUT2D eigenvalue weighted by Gasteiger charge is -2.22. The molecule has 0 fully saturated rings. The van der Waals surface area contributed by atoms with Crippen LogP contribution in [0, 0.1) is 0 Å². The van der Waals surface area contributed by atoms with Gasteiger partial charge in [0.15, 0.2) is 11.5 Å². The second-order valence-corrected chi connectivity index (χ2v) is 5.09. The van der Waals surface area contributed by atoms with Crippen LogP contribution in [0.25, 0.3) is 0 Å². The van der Waals surface area contributed by atoms with Gasteiger partial charge in [-0.1, -0.05) is 11.6 Å². The number of nitrogens with two attached hydrogens (primary N) is 1. The predicted molar refractivity (Wildman–Crippen MR) is 85.3 cm³/mol. The number of rotatable bonds is 9. The summed E-state index contributed by atoms with van der Waals surface area (Å²) in [5.41, 5.74) is 6.57. The van der Waals surface area contributed by atoms with Gasteiger partial charge in [0.1, 0.15) is 0 Å². The number of aliphatic hydroxyl groups excluding tert-OH is 1. The van der Waals surface area contributed by atoms with E-state index in [1.54, 1.807) is 12.1 Å². The van der Waals surface area contributed by atoms with Crippen LogP contribution in [0.15, 0.2) is 12.1 Å². The molecule has 0 aliphatic heterocycles. The third-order valence-electron chi connectivity index (χ3n) is 3.11. The third-order valence-corrected chi connectivity index (χ3v) is 3.44. The van der Waals surface area contributed by atoms with Crippen molar-refractivity contribution in [2.45, 2.75) is 32.4 Å². The predicted octanol–water partition coefficient (Wildman–Crippen LogP) is 2.11. The molecule has 0 spiro atoms. The van der Waals surface area contributed by atoms with E-state index in [4.69, 9.17) is 26.8 Å². The zero-order valence-corrected chi connectivity index (χ0v) is 13.6. The molecule has 0 saturated heterocycles. The van der Waals surface area contributed by atoms with Gasteiger partial charge in [-0.15, -0.1) is 0 Å². The van der Waals surface area contributed by atoms with Gasteiger partial charge in [-0.05, 0) is 39.9 Å². The van der Waals surface area contributed by atoms with Crippen molar-refractivity contribution in [1.29, 1.82) is 0 Å². The molecule has 2 atom stereocenters. The molecule has 0 saturated carbocycles. The van der Waals surface area contributed by atoms with Gasteiger partial charge < -0.3 is 25.6 Å². The van der Waals surface area contributed by atoms with E-state index in [1.807, 2.05) is 20.9 Å². The minimum atomic E-state index is -0.847. The second kappa shape index (κ2) is 9.10. The molecule has 0 aliphatic rings. The maximum atomic E-state index is 10.4. The van der Waals surface area contributed by atoms with Crippen molar-refractivity contribution in [2.24, 2.45) is 5.73 Å². The van der Waals surface area contributed by atoms with Crippen molar-refractivity contribution in [3.8, 4) is 11.5 Å². The molecule has 0 amide bonds. The molecule has 0 aliphatic carbocycles. The van der Waals surface area contributed by atoms with Crippen LogP contribution in [0.4, 0.5) is 0 Å². The fourth-order valence-corrected chi connectivity index (χ4v) is 2.28. The highest BCUT2D eigenvalue weighted by molar-refractivity contribution is 6.31. The van der Waals surface area contributed by atoms with Gasteiger partial charge in [0, 0.05) is 17.7 Å². The van der Waals surface area contributed by atoms with E-state index in [2.05, 4.69) is 5.32 Å². The molecule has 0 aromatic heterocycles. The highest BCUT2D eigenvalue weighted by atomic mass is 35.5. The highest BCUT2D eigenvalue weighted by Gasteiger charge is 2.22. The van der Waals surface area contributed by atoms with E-state index in [0.717, 1.165) is 6.54 Å². The van der Waals surface area contributed by atoms with Crippen LogP contribution in [-0.4, -0.2) is 38.0 Å². The molecule has 1 aromatic carbocycles. The van der Waals surface area contributed by atoms with E-state index in [1.165, 1.54) is 0 Å². The number of ether oxygens (including phenoxy) is 2. The summed E-state index contributed by atoms with van der Waals surface area (Å²) in [5, 5.41) is 13.8. The number of nitrogens with one attached hydrogen (secondary N) is 1. The van der Waals surface area contributed by atoms with Crippen LogP contribution >= 0.6 is 11.6 Å². The Hall–Kier alpha value is -1.01. The first-order valence-electron chi connectivity index (χ1n) is 7.22. The van der Waals surface area contributed by atoms with Gasteiger partial charge in [-0.2, -0.15) is 0 Å². The lowest BCUT2D eigenvalue weighted by molar-refractivity contribution is 0.142. The summed E-state index contributed by atoms with van der Waals surface area (Å²) in [6, 6.07) is 2.97. The standard InChI is InChI=1S/C15H25ClN2O3/c1-4-20-13-8-10(11(16)9-14(13)21-5-2)15(19)12(17)6-7-18-3/h8-9,12,15,18-19H,4-7,17H2,1-3H3. The van der Waals surface area contributed by atoms with Crippen molar-refractivity contribution in [1.82, 2.24) is 5.32 Å². The molecule has 120 valence electrons. The number of aliphatic hydroxyl groups is 1. The van der Waals surface area contributed by atoms with Gasteiger partial charge in [-0.25, -0.2) is 0 Å². The van der Waals surface area contributed by atoms with Crippen molar-refractivity contribution in [3.05, 3.63) is 22.7 Å².